The summed E-state index contributed by atoms with van der Waals surface area (Å²) in [7, 11) is 0. The van der Waals surface area contributed by atoms with Gasteiger partial charge in [0.2, 0.25) is 0 Å². The van der Waals surface area contributed by atoms with Crippen molar-refractivity contribution in [3.05, 3.63) is 63.9 Å². The van der Waals surface area contributed by atoms with Crippen molar-refractivity contribution in [2.75, 3.05) is 23.3 Å². The van der Waals surface area contributed by atoms with Crippen molar-refractivity contribution in [2.45, 2.75) is 39.7 Å². The summed E-state index contributed by atoms with van der Waals surface area (Å²) < 4.78 is 1.92. The number of carbonyl (C=O) groups excluding carboxylic acids is 1. The zero-order valence-electron chi connectivity index (χ0n) is 17.7. The van der Waals surface area contributed by atoms with Crippen LogP contribution in [0.25, 0.3) is 0 Å². The van der Waals surface area contributed by atoms with Crippen LogP contribution in [0.1, 0.15) is 56.9 Å². The maximum atomic E-state index is 13.0. The number of hydrogen-bond acceptors (Lipinski definition) is 5. The molecule has 4 rings (SSSR count). The molecule has 31 heavy (non-hydrogen) atoms. The third-order valence-electron chi connectivity index (χ3n) is 5.49. The largest absolute Gasteiger partial charge is 0.478 e. The first kappa shape index (κ1) is 21.1. The van der Waals surface area contributed by atoms with Gasteiger partial charge in [-0.2, -0.15) is 0 Å². The summed E-state index contributed by atoms with van der Waals surface area (Å²) in [5, 5.41) is 15.2. The third-order valence-corrected chi connectivity index (χ3v) is 6.44. The summed E-state index contributed by atoms with van der Waals surface area (Å²) in [5.41, 5.74) is 3.98. The first-order chi connectivity index (χ1) is 14.9. The molecule has 1 aromatic carbocycles. The van der Waals surface area contributed by atoms with Crippen LogP contribution in [0.3, 0.4) is 0 Å². The molecule has 2 N–H and O–H groups in total. The topological polar surface area (TPSA) is 87.5 Å². The van der Waals surface area contributed by atoms with Crippen molar-refractivity contribution < 1.29 is 14.7 Å². The van der Waals surface area contributed by atoms with E-state index in [2.05, 4.69) is 15.6 Å². The van der Waals surface area contributed by atoms with Gasteiger partial charge in [0.05, 0.1) is 17.8 Å². The SMILES string of the molecule is Cc1cc(C(=O)Nc2ccc(C(=O)O)cc2C)n(Cc2csc(N3CCCCC3)n2)c1. The molecule has 1 aliphatic rings. The van der Waals surface area contributed by atoms with E-state index in [1.807, 2.05) is 23.8 Å². The van der Waals surface area contributed by atoms with E-state index in [4.69, 9.17) is 10.1 Å². The molecule has 162 valence electrons. The lowest BCUT2D eigenvalue weighted by atomic mass is 10.1. The monoisotopic (exact) mass is 438 g/mol. The zero-order valence-corrected chi connectivity index (χ0v) is 18.5. The van der Waals surface area contributed by atoms with Crippen molar-refractivity contribution in [2.24, 2.45) is 0 Å². The Morgan fingerprint density at radius 1 is 1.16 bits per heavy atom. The average Bonchev–Trinajstić information content (AvgIpc) is 3.36. The third kappa shape index (κ3) is 4.80. The minimum atomic E-state index is -0.988. The van der Waals surface area contributed by atoms with Crippen molar-refractivity contribution in [1.29, 1.82) is 0 Å². The Bertz CT molecular complexity index is 1110. The number of amides is 1. The number of nitrogens with one attached hydrogen (secondary N) is 1. The van der Waals surface area contributed by atoms with Gasteiger partial charge in [0, 0.05) is 30.4 Å². The zero-order chi connectivity index (χ0) is 22.0. The Kier molecular flexibility index (Phi) is 6.08. The van der Waals surface area contributed by atoms with E-state index in [0.717, 1.165) is 29.5 Å². The minimum Gasteiger partial charge on any atom is -0.478 e. The van der Waals surface area contributed by atoms with Crippen LogP contribution in [0.4, 0.5) is 10.8 Å². The van der Waals surface area contributed by atoms with Gasteiger partial charge in [0.1, 0.15) is 5.69 Å². The van der Waals surface area contributed by atoms with Gasteiger partial charge in [-0.3, -0.25) is 4.79 Å². The van der Waals surface area contributed by atoms with Crippen LogP contribution in [-0.2, 0) is 6.54 Å². The first-order valence-electron chi connectivity index (χ1n) is 10.4. The second-order valence-electron chi connectivity index (χ2n) is 7.99. The van der Waals surface area contributed by atoms with Gasteiger partial charge >= 0.3 is 5.97 Å². The highest BCUT2D eigenvalue weighted by atomic mass is 32.1. The fourth-order valence-electron chi connectivity index (χ4n) is 3.88. The molecule has 0 radical (unpaired) electrons. The number of piperidine rings is 1. The van der Waals surface area contributed by atoms with Gasteiger partial charge in [-0.15, -0.1) is 11.3 Å². The lowest BCUT2D eigenvalue weighted by Crippen LogP contribution is -2.29. The van der Waals surface area contributed by atoms with Crippen molar-refractivity contribution in [1.82, 2.24) is 9.55 Å². The van der Waals surface area contributed by atoms with E-state index in [1.165, 1.54) is 25.3 Å². The number of carbonyl (C=O) groups is 2. The van der Waals surface area contributed by atoms with Gasteiger partial charge in [0.15, 0.2) is 5.13 Å². The Morgan fingerprint density at radius 3 is 2.65 bits per heavy atom. The van der Waals surface area contributed by atoms with Gasteiger partial charge < -0.3 is 19.9 Å². The molecule has 0 spiro atoms. The molecule has 3 aromatic rings. The van der Waals surface area contributed by atoms with Crippen LogP contribution in [0.2, 0.25) is 0 Å². The maximum absolute atomic E-state index is 13.0. The number of carboxylic acid groups (broad SMARTS) is 1. The lowest BCUT2D eigenvalue weighted by molar-refractivity contribution is 0.0696. The second-order valence-corrected chi connectivity index (χ2v) is 8.83. The van der Waals surface area contributed by atoms with E-state index in [9.17, 15) is 9.59 Å². The number of aryl methyl sites for hydroxylation is 2. The van der Waals surface area contributed by atoms with E-state index in [1.54, 1.807) is 30.4 Å². The highest BCUT2D eigenvalue weighted by Gasteiger charge is 2.18. The van der Waals surface area contributed by atoms with Crippen molar-refractivity contribution >= 4 is 34.0 Å². The molecule has 1 aliphatic heterocycles. The smallest absolute Gasteiger partial charge is 0.335 e. The van der Waals surface area contributed by atoms with E-state index in [0.29, 0.717) is 23.5 Å². The van der Waals surface area contributed by atoms with E-state index in [-0.39, 0.29) is 11.5 Å². The standard InChI is InChI=1S/C23H26N4O3S/c1-15-10-20(21(28)25-19-7-6-17(22(29)30)11-16(19)2)27(12-15)13-18-14-31-23(24-18)26-8-4-3-5-9-26/h6-7,10-12,14H,3-5,8-9,13H2,1-2H3,(H,25,28)(H,29,30). The summed E-state index contributed by atoms with van der Waals surface area (Å²) in [4.78, 5) is 31.3. The van der Waals surface area contributed by atoms with E-state index >= 15 is 0 Å². The van der Waals surface area contributed by atoms with Crippen LogP contribution >= 0.6 is 11.3 Å². The summed E-state index contributed by atoms with van der Waals surface area (Å²) in [6.45, 7) is 6.38. The van der Waals surface area contributed by atoms with Crippen LogP contribution in [0, 0.1) is 13.8 Å². The molecule has 8 heteroatoms. The normalized spacial score (nSPS) is 13.9. The van der Waals surface area contributed by atoms with E-state index < -0.39 is 5.97 Å². The van der Waals surface area contributed by atoms with Crippen LogP contribution in [0.5, 0.6) is 0 Å². The molecule has 0 unspecified atom stereocenters. The number of aromatic nitrogens is 2. The Labute approximate surface area is 185 Å². The number of thiazole rings is 1. The number of aromatic carboxylic acids is 1. The highest BCUT2D eigenvalue weighted by Crippen LogP contribution is 2.25. The molecule has 1 saturated heterocycles. The summed E-state index contributed by atoms with van der Waals surface area (Å²) in [5.74, 6) is -1.22. The number of hydrogen-bond donors (Lipinski definition) is 2. The number of carboxylic acids is 1. The molecular weight excluding hydrogens is 412 g/mol. The van der Waals surface area contributed by atoms with Crippen LogP contribution < -0.4 is 10.2 Å². The van der Waals surface area contributed by atoms with Gasteiger partial charge in [-0.1, -0.05) is 0 Å². The quantitative estimate of drug-likeness (QED) is 0.590. The number of benzene rings is 1. The Hall–Kier alpha value is -3.13. The minimum absolute atomic E-state index is 0.197. The maximum Gasteiger partial charge on any atom is 0.335 e. The number of nitrogens with zero attached hydrogens (tertiary/aromatic N) is 3. The summed E-state index contributed by atoms with van der Waals surface area (Å²) in [6.07, 6.45) is 5.66. The highest BCUT2D eigenvalue weighted by molar-refractivity contribution is 7.13. The van der Waals surface area contributed by atoms with Gasteiger partial charge in [-0.25, -0.2) is 9.78 Å². The molecule has 0 saturated carbocycles. The summed E-state index contributed by atoms with van der Waals surface area (Å²) in [6, 6.07) is 6.53. The molecule has 3 heterocycles. The fraction of sp³-hybridized carbons (Fsp3) is 0.348. The Morgan fingerprint density at radius 2 is 1.94 bits per heavy atom. The fourth-order valence-corrected chi connectivity index (χ4v) is 4.75. The molecule has 2 aromatic heterocycles. The molecule has 0 bridgehead atoms. The molecular formula is C23H26N4O3S. The molecule has 0 atom stereocenters. The van der Waals surface area contributed by atoms with Gasteiger partial charge in [0.25, 0.3) is 5.91 Å². The second kappa shape index (κ2) is 8.93. The predicted molar refractivity (Wildman–Crippen MR) is 123 cm³/mol. The number of rotatable bonds is 6. The average molecular weight is 439 g/mol. The Balaban J connectivity index is 1.50. The molecule has 1 fully saturated rings. The molecule has 0 aliphatic carbocycles. The van der Waals surface area contributed by atoms with Crippen LogP contribution in [0.15, 0.2) is 35.8 Å². The predicted octanol–water partition coefficient (Wildman–Crippen LogP) is 4.55. The van der Waals surface area contributed by atoms with Crippen molar-refractivity contribution in [3.8, 4) is 0 Å². The van der Waals surface area contributed by atoms with Crippen molar-refractivity contribution in [3.63, 3.8) is 0 Å². The van der Waals surface area contributed by atoms with Crippen LogP contribution in [-0.4, -0.2) is 39.6 Å². The lowest BCUT2D eigenvalue weighted by Gasteiger charge is -2.25. The van der Waals surface area contributed by atoms with Gasteiger partial charge in [-0.05, 0) is 68.5 Å². The molecule has 7 nitrogen and oxygen atoms in total. The molecule has 1 amide bonds. The summed E-state index contributed by atoms with van der Waals surface area (Å²) >= 11 is 1.66. The first-order valence-corrected chi connectivity index (χ1v) is 11.3. The number of anilines is 2.